The first-order valence-electron chi connectivity index (χ1n) is 6.90. The summed E-state index contributed by atoms with van der Waals surface area (Å²) in [4.78, 5) is 4.23. The Morgan fingerprint density at radius 2 is 1.89 bits per heavy atom. The van der Waals surface area contributed by atoms with Gasteiger partial charge in [-0.25, -0.2) is 0 Å². The molecule has 0 aliphatic heterocycles. The van der Waals surface area contributed by atoms with Gasteiger partial charge >= 0.3 is 0 Å². The van der Waals surface area contributed by atoms with Gasteiger partial charge in [0.15, 0.2) is 5.96 Å². The van der Waals surface area contributed by atoms with Crippen LogP contribution in [0.3, 0.4) is 0 Å². The van der Waals surface area contributed by atoms with Crippen LogP contribution in [0.15, 0.2) is 4.99 Å². The van der Waals surface area contributed by atoms with Crippen molar-refractivity contribution in [1.82, 2.24) is 10.6 Å². The molecule has 0 unspecified atom stereocenters. The first kappa shape index (κ1) is 18.9. The zero-order valence-corrected chi connectivity index (χ0v) is 14.4. The van der Waals surface area contributed by atoms with Gasteiger partial charge in [-0.05, 0) is 12.8 Å². The molecule has 1 saturated carbocycles. The number of rotatable bonds is 7. The van der Waals surface area contributed by atoms with Crippen molar-refractivity contribution in [3.05, 3.63) is 0 Å². The summed E-state index contributed by atoms with van der Waals surface area (Å²) in [6.45, 7) is 2.74. The molecule has 0 aromatic rings. The van der Waals surface area contributed by atoms with Crippen LogP contribution in [-0.2, 0) is 9.47 Å². The van der Waals surface area contributed by atoms with E-state index in [1.165, 1.54) is 32.1 Å². The van der Waals surface area contributed by atoms with Crippen molar-refractivity contribution < 1.29 is 9.47 Å². The van der Waals surface area contributed by atoms with E-state index in [2.05, 4.69) is 15.6 Å². The molecule has 1 fully saturated rings. The van der Waals surface area contributed by atoms with Crippen LogP contribution in [0.4, 0.5) is 0 Å². The monoisotopic (exact) mass is 385 g/mol. The molecular weight excluding hydrogens is 357 g/mol. The van der Waals surface area contributed by atoms with Crippen LogP contribution in [0, 0.1) is 0 Å². The van der Waals surface area contributed by atoms with E-state index in [9.17, 15) is 0 Å². The average molecular weight is 385 g/mol. The van der Waals surface area contributed by atoms with E-state index in [-0.39, 0.29) is 24.0 Å². The highest BCUT2D eigenvalue weighted by molar-refractivity contribution is 14.0. The second-order valence-electron chi connectivity index (χ2n) is 4.58. The standard InChI is InChI=1S/C13H27N3O2.HI/c1-14-13(15-8-9-18-11-10-17-2)16-12-6-4-3-5-7-12;/h12H,3-11H2,1-2H3,(H2,14,15,16);1H. The lowest BCUT2D eigenvalue weighted by atomic mass is 9.96. The number of methoxy groups -OCH3 is 1. The maximum atomic E-state index is 5.39. The van der Waals surface area contributed by atoms with E-state index in [1.54, 1.807) is 7.11 Å². The van der Waals surface area contributed by atoms with Gasteiger partial charge in [0.25, 0.3) is 0 Å². The largest absolute Gasteiger partial charge is 0.382 e. The Labute approximate surface area is 133 Å². The van der Waals surface area contributed by atoms with Crippen molar-refractivity contribution >= 4 is 29.9 Å². The minimum Gasteiger partial charge on any atom is -0.382 e. The van der Waals surface area contributed by atoms with Gasteiger partial charge in [-0.2, -0.15) is 0 Å². The maximum Gasteiger partial charge on any atom is 0.191 e. The van der Waals surface area contributed by atoms with Gasteiger partial charge in [0, 0.05) is 26.7 Å². The first-order valence-corrected chi connectivity index (χ1v) is 6.90. The van der Waals surface area contributed by atoms with E-state index in [4.69, 9.17) is 9.47 Å². The molecule has 1 rings (SSSR count). The molecule has 1 aliphatic rings. The van der Waals surface area contributed by atoms with Gasteiger partial charge < -0.3 is 20.1 Å². The summed E-state index contributed by atoms with van der Waals surface area (Å²) < 4.78 is 10.3. The molecule has 0 aromatic heterocycles. The smallest absolute Gasteiger partial charge is 0.191 e. The molecule has 0 atom stereocenters. The lowest BCUT2D eigenvalue weighted by Gasteiger charge is -2.24. The molecular formula is C13H28IN3O2. The Morgan fingerprint density at radius 3 is 2.53 bits per heavy atom. The predicted molar refractivity (Wildman–Crippen MR) is 89.5 cm³/mol. The van der Waals surface area contributed by atoms with E-state index >= 15 is 0 Å². The van der Waals surface area contributed by atoms with Crippen molar-refractivity contribution in [2.75, 3.05) is 40.5 Å². The topological polar surface area (TPSA) is 54.9 Å². The van der Waals surface area contributed by atoms with E-state index in [0.717, 1.165) is 12.5 Å². The van der Waals surface area contributed by atoms with Gasteiger partial charge in [-0.15, -0.1) is 24.0 Å². The first-order chi connectivity index (χ1) is 8.86. The maximum absolute atomic E-state index is 5.39. The van der Waals surface area contributed by atoms with Gasteiger partial charge in [0.2, 0.25) is 0 Å². The lowest BCUT2D eigenvalue weighted by Crippen LogP contribution is -2.45. The van der Waals surface area contributed by atoms with Gasteiger partial charge in [0.05, 0.1) is 19.8 Å². The molecule has 19 heavy (non-hydrogen) atoms. The molecule has 1 aliphatic carbocycles. The molecule has 0 heterocycles. The van der Waals surface area contributed by atoms with Crippen molar-refractivity contribution in [3.8, 4) is 0 Å². The average Bonchev–Trinajstić information content (AvgIpc) is 2.42. The van der Waals surface area contributed by atoms with Crippen LogP contribution in [0.5, 0.6) is 0 Å². The van der Waals surface area contributed by atoms with Crippen LogP contribution in [-0.4, -0.2) is 52.5 Å². The predicted octanol–water partition coefficient (Wildman–Crippen LogP) is 1.77. The zero-order chi connectivity index (χ0) is 13.1. The number of aliphatic imine (C=N–C) groups is 1. The quantitative estimate of drug-likeness (QED) is 0.304. The van der Waals surface area contributed by atoms with E-state index < -0.39 is 0 Å². The SMILES string of the molecule is CN=C(NCCOCCOC)NC1CCCCC1.I. The molecule has 0 saturated heterocycles. The van der Waals surface area contributed by atoms with E-state index in [0.29, 0.717) is 25.9 Å². The minimum atomic E-state index is 0. The highest BCUT2D eigenvalue weighted by Crippen LogP contribution is 2.17. The molecule has 0 aromatic carbocycles. The van der Waals surface area contributed by atoms with Crippen LogP contribution < -0.4 is 10.6 Å². The third kappa shape index (κ3) is 9.45. The Kier molecular flexibility index (Phi) is 12.9. The van der Waals surface area contributed by atoms with Crippen LogP contribution >= 0.6 is 24.0 Å². The lowest BCUT2D eigenvalue weighted by molar-refractivity contribution is 0.0733. The van der Waals surface area contributed by atoms with Crippen LogP contribution in [0.2, 0.25) is 0 Å². The molecule has 6 heteroatoms. The summed E-state index contributed by atoms with van der Waals surface area (Å²) >= 11 is 0. The number of hydrogen-bond donors (Lipinski definition) is 2. The number of nitrogens with zero attached hydrogens (tertiary/aromatic N) is 1. The van der Waals surface area contributed by atoms with Crippen molar-refractivity contribution in [2.45, 2.75) is 38.1 Å². The number of nitrogens with one attached hydrogen (secondary N) is 2. The van der Waals surface area contributed by atoms with Gasteiger partial charge in [-0.1, -0.05) is 19.3 Å². The fraction of sp³-hybridized carbons (Fsp3) is 0.923. The highest BCUT2D eigenvalue weighted by atomic mass is 127. The fourth-order valence-corrected chi connectivity index (χ4v) is 2.12. The number of ether oxygens (including phenoxy) is 2. The summed E-state index contributed by atoms with van der Waals surface area (Å²) in [5, 5.41) is 6.73. The zero-order valence-electron chi connectivity index (χ0n) is 12.1. The molecule has 0 bridgehead atoms. The molecule has 5 nitrogen and oxygen atoms in total. The number of hydrogen-bond acceptors (Lipinski definition) is 3. The normalized spacial score (nSPS) is 16.8. The van der Waals surface area contributed by atoms with Gasteiger partial charge in [0.1, 0.15) is 0 Å². The van der Waals surface area contributed by atoms with Crippen LogP contribution in [0.25, 0.3) is 0 Å². The third-order valence-corrected chi connectivity index (χ3v) is 3.14. The molecule has 114 valence electrons. The number of guanidine groups is 1. The van der Waals surface area contributed by atoms with Gasteiger partial charge in [-0.3, -0.25) is 4.99 Å². The van der Waals surface area contributed by atoms with Crippen LogP contribution in [0.1, 0.15) is 32.1 Å². The second-order valence-corrected chi connectivity index (χ2v) is 4.58. The number of halogens is 1. The molecule has 0 spiro atoms. The third-order valence-electron chi connectivity index (χ3n) is 3.14. The summed E-state index contributed by atoms with van der Waals surface area (Å²) in [6, 6.07) is 0.583. The summed E-state index contributed by atoms with van der Waals surface area (Å²) in [5.74, 6) is 0.886. The summed E-state index contributed by atoms with van der Waals surface area (Å²) in [7, 11) is 3.49. The Morgan fingerprint density at radius 1 is 1.16 bits per heavy atom. The molecule has 0 amide bonds. The van der Waals surface area contributed by atoms with Crippen molar-refractivity contribution in [3.63, 3.8) is 0 Å². The summed E-state index contributed by atoms with van der Waals surface area (Å²) in [6.07, 6.45) is 6.54. The van der Waals surface area contributed by atoms with E-state index in [1.807, 2.05) is 7.05 Å². The van der Waals surface area contributed by atoms with Crippen molar-refractivity contribution in [2.24, 2.45) is 4.99 Å². The minimum absolute atomic E-state index is 0. The second kappa shape index (κ2) is 12.9. The molecule has 0 radical (unpaired) electrons. The fourth-order valence-electron chi connectivity index (χ4n) is 2.12. The Balaban J connectivity index is 0.00000324. The van der Waals surface area contributed by atoms with Crippen molar-refractivity contribution in [1.29, 1.82) is 0 Å². The summed E-state index contributed by atoms with van der Waals surface area (Å²) in [5.41, 5.74) is 0. The Bertz CT molecular complexity index is 234. The Hall–Kier alpha value is -0.0800. The highest BCUT2D eigenvalue weighted by Gasteiger charge is 2.13. The molecule has 2 N–H and O–H groups in total.